The van der Waals surface area contributed by atoms with Gasteiger partial charge in [0.15, 0.2) is 5.69 Å². The minimum absolute atomic E-state index is 0.143. The summed E-state index contributed by atoms with van der Waals surface area (Å²) < 4.78 is 7.07. The van der Waals surface area contributed by atoms with E-state index >= 15 is 0 Å². The summed E-state index contributed by atoms with van der Waals surface area (Å²) in [7, 11) is 0. The van der Waals surface area contributed by atoms with Crippen molar-refractivity contribution >= 4 is 5.91 Å². The number of carbonyl (C=O) groups is 1. The van der Waals surface area contributed by atoms with Crippen molar-refractivity contribution in [3.05, 3.63) is 47.8 Å². The highest BCUT2D eigenvalue weighted by atomic mass is 16.5. The van der Waals surface area contributed by atoms with Gasteiger partial charge in [0.05, 0.1) is 6.20 Å². The summed E-state index contributed by atoms with van der Waals surface area (Å²) in [4.78, 5) is 12.1. The summed E-state index contributed by atoms with van der Waals surface area (Å²) >= 11 is 0. The van der Waals surface area contributed by atoms with Crippen LogP contribution in [0.5, 0.6) is 0 Å². The number of aromatic nitrogens is 3. The van der Waals surface area contributed by atoms with Crippen LogP contribution in [0.25, 0.3) is 0 Å². The first-order valence-electron chi connectivity index (χ1n) is 8.61. The molecule has 1 amide bonds. The van der Waals surface area contributed by atoms with E-state index in [-0.39, 0.29) is 5.91 Å². The third kappa shape index (κ3) is 4.89. The molecule has 24 heavy (non-hydrogen) atoms. The zero-order chi connectivity index (χ0) is 16.6. The highest BCUT2D eigenvalue weighted by Gasteiger charge is 2.16. The predicted molar refractivity (Wildman–Crippen MR) is 90.7 cm³/mol. The van der Waals surface area contributed by atoms with Crippen molar-refractivity contribution in [1.82, 2.24) is 20.3 Å². The molecule has 1 N–H and O–H groups in total. The fourth-order valence-corrected chi connectivity index (χ4v) is 2.88. The molecule has 2 heterocycles. The molecule has 0 radical (unpaired) electrons. The van der Waals surface area contributed by atoms with Crippen LogP contribution in [0, 0.1) is 5.92 Å². The van der Waals surface area contributed by atoms with Crippen LogP contribution in [0.3, 0.4) is 0 Å². The van der Waals surface area contributed by atoms with E-state index in [1.165, 1.54) is 5.56 Å². The number of benzene rings is 1. The summed E-state index contributed by atoms with van der Waals surface area (Å²) in [5.41, 5.74) is 1.70. The number of rotatable bonds is 7. The molecule has 2 aromatic rings. The first-order chi connectivity index (χ1) is 11.8. The molecule has 0 bridgehead atoms. The first kappa shape index (κ1) is 16.6. The van der Waals surface area contributed by atoms with Crippen LogP contribution in [0.2, 0.25) is 0 Å². The lowest BCUT2D eigenvalue weighted by molar-refractivity contribution is 0.0642. The van der Waals surface area contributed by atoms with E-state index in [9.17, 15) is 4.79 Å². The van der Waals surface area contributed by atoms with Gasteiger partial charge in [-0.2, -0.15) is 0 Å². The van der Waals surface area contributed by atoms with E-state index in [1.807, 2.05) is 18.2 Å². The number of hydrogen-bond donors (Lipinski definition) is 1. The topological polar surface area (TPSA) is 69.0 Å². The van der Waals surface area contributed by atoms with E-state index in [0.717, 1.165) is 45.4 Å². The normalized spacial score (nSPS) is 15.3. The molecule has 1 aromatic carbocycles. The molecule has 1 fully saturated rings. The van der Waals surface area contributed by atoms with Crippen molar-refractivity contribution in [3.63, 3.8) is 0 Å². The zero-order valence-corrected chi connectivity index (χ0v) is 13.9. The average molecular weight is 328 g/mol. The van der Waals surface area contributed by atoms with Gasteiger partial charge in [-0.05, 0) is 37.2 Å². The highest BCUT2D eigenvalue weighted by Crippen LogP contribution is 2.13. The fourth-order valence-electron chi connectivity index (χ4n) is 2.88. The maximum Gasteiger partial charge on any atom is 0.273 e. The third-order valence-electron chi connectivity index (χ3n) is 4.36. The monoisotopic (exact) mass is 328 g/mol. The molecule has 128 valence electrons. The van der Waals surface area contributed by atoms with Crippen LogP contribution in [0.15, 0.2) is 36.5 Å². The van der Waals surface area contributed by atoms with Crippen molar-refractivity contribution in [2.24, 2.45) is 5.92 Å². The van der Waals surface area contributed by atoms with Gasteiger partial charge < -0.3 is 10.1 Å². The first-order valence-corrected chi connectivity index (χ1v) is 8.61. The van der Waals surface area contributed by atoms with Crippen molar-refractivity contribution in [2.45, 2.75) is 32.2 Å². The molecular weight excluding hydrogens is 304 g/mol. The van der Waals surface area contributed by atoms with Crippen molar-refractivity contribution < 1.29 is 9.53 Å². The minimum Gasteiger partial charge on any atom is -0.381 e. The Labute approximate surface area is 142 Å². The second-order valence-electron chi connectivity index (χ2n) is 6.22. The van der Waals surface area contributed by atoms with E-state index < -0.39 is 0 Å². The van der Waals surface area contributed by atoms with Crippen LogP contribution in [-0.4, -0.2) is 40.7 Å². The standard InChI is InChI=1S/C18H24N4O2/c23-18(19-13-16-8-11-24-12-9-16)17-14-22(21-20-17)10-4-7-15-5-2-1-3-6-15/h1-3,5-6,14,16H,4,7-13H2,(H,19,23). The highest BCUT2D eigenvalue weighted by molar-refractivity contribution is 5.91. The zero-order valence-electron chi connectivity index (χ0n) is 13.9. The number of nitrogens with one attached hydrogen (secondary N) is 1. The lowest BCUT2D eigenvalue weighted by Gasteiger charge is -2.21. The number of ether oxygens (including phenoxy) is 1. The van der Waals surface area contributed by atoms with E-state index in [0.29, 0.717) is 18.2 Å². The fraction of sp³-hybridized carbons (Fsp3) is 0.500. The van der Waals surface area contributed by atoms with Gasteiger partial charge in [0.25, 0.3) is 5.91 Å². The molecule has 1 aliphatic rings. The maximum atomic E-state index is 12.1. The largest absolute Gasteiger partial charge is 0.381 e. The maximum absolute atomic E-state index is 12.1. The van der Waals surface area contributed by atoms with Gasteiger partial charge in [-0.25, -0.2) is 0 Å². The molecule has 3 rings (SSSR count). The Morgan fingerprint density at radius 1 is 1.25 bits per heavy atom. The summed E-state index contributed by atoms with van der Waals surface area (Å²) in [6.45, 7) is 3.02. The third-order valence-corrected chi connectivity index (χ3v) is 4.36. The van der Waals surface area contributed by atoms with Gasteiger partial charge in [-0.1, -0.05) is 35.5 Å². The van der Waals surface area contributed by atoms with Gasteiger partial charge in [-0.3, -0.25) is 9.48 Å². The Hall–Kier alpha value is -2.21. The van der Waals surface area contributed by atoms with Crippen LogP contribution in [-0.2, 0) is 17.7 Å². The van der Waals surface area contributed by atoms with Crippen LogP contribution in [0.4, 0.5) is 0 Å². The summed E-state index contributed by atoms with van der Waals surface area (Å²) in [6.07, 6.45) is 5.70. The summed E-state index contributed by atoms with van der Waals surface area (Å²) in [5, 5.41) is 11.0. The lowest BCUT2D eigenvalue weighted by atomic mass is 10.0. The Morgan fingerprint density at radius 3 is 2.83 bits per heavy atom. The molecule has 0 saturated carbocycles. The molecule has 1 aliphatic heterocycles. The smallest absolute Gasteiger partial charge is 0.273 e. The molecule has 0 atom stereocenters. The Bertz CT molecular complexity index is 635. The van der Waals surface area contributed by atoms with Crippen molar-refractivity contribution in [3.8, 4) is 0 Å². The second kappa shape index (κ2) is 8.59. The van der Waals surface area contributed by atoms with Gasteiger partial charge in [-0.15, -0.1) is 5.10 Å². The van der Waals surface area contributed by atoms with Gasteiger partial charge in [0.2, 0.25) is 0 Å². The molecule has 0 aliphatic carbocycles. The number of amides is 1. The van der Waals surface area contributed by atoms with E-state index in [4.69, 9.17) is 4.74 Å². The lowest BCUT2D eigenvalue weighted by Crippen LogP contribution is -2.32. The van der Waals surface area contributed by atoms with Gasteiger partial charge >= 0.3 is 0 Å². The molecule has 0 unspecified atom stereocenters. The SMILES string of the molecule is O=C(NCC1CCOCC1)c1cn(CCCc2ccccc2)nn1. The van der Waals surface area contributed by atoms with Crippen LogP contribution < -0.4 is 5.32 Å². The average Bonchev–Trinajstić information content (AvgIpc) is 3.10. The number of aryl methyl sites for hydroxylation is 2. The molecular formula is C18H24N4O2. The van der Waals surface area contributed by atoms with Crippen LogP contribution >= 0.6 is 0 Å². The Balaban J connectivity index is 1.41. The van der Waals surface area contributed by atoms with Crippen molar-refractivity contribution in [1.29, 1.82) is 0 Å². The molecule has 1 saturated heterocycles. The number of carbonyl (C=O) groups excluding carboxylic acids is 1. The number of hydrogen-bond acceptors (Lipinski definition) is 4. The number of nitrogens with zero attached hydrogens (tertiary/aromatic N) is 3. The minimum atomic E-state index is -0.143. The van der Waals surface area contributed by atoms with Gasteiger partial charge in [0, 0.05) is 26.3 Å². The van der Waals surface area contributed by atoms with Crippen LogP contribution in [0.1, 0.15) is 35.3 Å². The summed E-state index contributed by atoms with van der Waals surface area (Å²) in [5.74, 6) is 0.361. The molecule has 1 aromatic heterocycles. The Kier molecular flexibility index (Phi) is 5.96. The Morgan fingerprint density at radius 2 is 2.04 bits per heavy atom. The summed E-state index contributed by atoms with van der Waals surface area (Å²) in [6, 6.07) is 10.4. The quantitative estimate of drug-likeness (QED) is 0.845. The van der Waals surface area contributed by atoms with Gasteiger partial charge in [0.1, 0.15) is 0 Å². The molecule has 0 spiro atoms. The van der Waals surface area contributed by atoms with Crippen molar-refractivity contribution in [2.75, 3.05) is 19.8 Å². The van der Waals surface area contributed by atoms with E-state index in [2.05, 4.69) is 27.8 Å². The molecule has 6 heteroatoms. The second-order valence-corrected chi connectivity index (χ2v) is 6.22. The predicted octanol–water partition coefficient (Wildman–Crippen LogP) is 2.07. The van der Waals surface area contributed by atoms with E-state index in [1.54, 1.807) is 10.9 Å². The molecule has 6 nitrogen and oxygen atoms in total.